The predicted molar refractivity (Wildman–Crippen MR) is 191 cm³/mol. The minimum Gasteiger partial charge on any atom is -0.726 e. The Morgan fingerprint density at radius 3 is 1.30 bits per heavy atom. The Balaban J connectivity index is 1.82. The number of ether oxygens (including phenoxy) is 7. The van der Waals surface area contributed by atoms with Crippen molar-refractivity contribution in [2.45, 2.75) is 143 Å². The molecule has 20 unspecified atom stereocenters. The van der Waals surface area contributed by atoms with Crippen LogP contribution in [-0.2, 0) is 111 Å². The van der Waals surface area contributed by atoms with Crippen LogP contribution in [0, 0.1) is 0 Å². The summed E-state index contributed by atoms with van der Waals surface area (Å²) in [5.74, 6) is -6.98. The van der Waals surface area contributed by atoms with Gasteiger partial charge in [0.2, 0.25) is 53.4 Å². The quantitative estimate of drug-likeness (QED) is 0.0440. The molecule has 40 heteroatoms. The van der Waals surface area contributed by atoms with Crippen molar-refractivity contribution >= 4 is 65.3 Å². The summed E-state index contributed by atoms with van der Waals surface area (Å²) in [6, 6.07) is -4.03. The average Bonchev–Trinajstić information content (AvgIpc) is 3.18. The van der Waals surface area contributed by atoms with Crippen molar-refractivity contribution in [3.63, 3.8) is 0 Å². The topological polar surface area (TPSA) is 570 Å². The van der Waals surface area contributed by atoms with Gasteiger partial charge in [-0.05, 0) is 6.92 Å². The number of aliphatic hydroxyl groups is 5. The number of carbonyl (C=O) groups is 4. The van der Waals surface area contributed by atoms with Crippen molar-refractivity contribution in [1.29, 1.82) is 0 Å². The number of aliphatic carboxylic acids is 2. The van der Waals surface area contributed by atoms with Gasteiger partial charge in [0.25, 0.3) is 0 Å². The summed E-state index contributed by atoms with van der Waals surface area (Å²) in [5, 5.41) is 83.7. The minimum absolute atomic E-state index is 0.697. The van der Waals surface area contributed by atoms with Gasteiger partial charge in [0.15, 0.2) is 31.1 Å². The zero-order chi connectivity index (χ0) is 52.5. The third kappa shape index (κ3) is 15.9. The first kappa shape index (κ1) is 58.5. The van der Waals surface area contributed by atoms with Crippen LogP contribution in [0.25, 0.3) is 0 Å². The van der Waals surface area contributed by atoms with Crippen LogP contribution in [0.3, 0.4) is 0 Å². The lowest BCUT2D eigenvalue weighted by Crippen LogP contribution is -2.71. The Morgan fingerprint density at radius 1 is 0.493 bits per heavy atom. The smallest absolute Gasteiger partial charge is 0.218 e. The van der Waals surface area contributed by atoms with Gasteiger partial charge in [-0.15, -0.1) is 0 Å². The van der Waals surface area contributed by atoms with Gasteiger partial charge in [0, 0.05) is 13.8 Å². The Labute approximate surface area is 388 Å². The number of rotatable bonds is 20. The molecule has 0 aromatic carbocycles. The van der Waals surface area contributed by atoms with E-state index >= 15 is 0 Å². The van der Waals surface area contributed by atoms with Gasteiger partial charge in [-0.3, -0.25) is 26.3 Å². The van der Waals surface area contributed by atoms with Gasteiger partial charge in [-0.2, -0.15) is 0 Å². The molecule has 2 amide bonds. The maximum Gasteiger partial charge on any atom is 0.218 e. The molecule has 0 aromatic heterocycles. The van der Waals surface area contributed by atoms with Gasteiger partial charge in [0.1, 0.15) is 79.3 Å². The number of aliphatic hydroxyl groups excluding tert-OH is 5. The normalized spacial score (nSPS) is 39.2. The largest absolute Gasteiger partial charge is 0.726 e. The second-order valence-electron chi connectivity index (χ2n) is 14.9. The van der Waals surface area contributed by atoms with Crippen molar-refractivity contribution in [2.75, 3.05) is 13.2 Å². The van der Waals surface area contributed by atoms with E-state index in [9.17, 15) is 107 Å². The molecule has 69 heavy (non-hydrogen) atoms. The Kier molecular flexibility index (Phi) is 19.3. The molecule has 4 saturated heterocycles. The maximum atomic E-state index is 12.7. The van der Waals surface area contributed by atoms with Crippen molar-refractivity contribution < 1.29 is 157 Å². The molecular formula is C29H40N2O34S4-6. The minimum atomic E-state index is -6.13. The summed E-state index contributed by atoms with van der Waals surface area (Å²) in [6.45, 7) is -0.117. The predicted octanol–water partition coefficient (Wildman–Crippen LogP) is -12.9. The van der Waals surface area contributed by atoms with Crippen LogP contribution >= 0.6 is 0 Å². The summed E-state index contributed by atoms with van der Waals surface area (Å²) >= 11 is 0. The van der Waals surface area contributed by atoms with Crippen LogP contribution in [0.4, 0.5) is 0 Å². The highest BCUT2D eigenvalue weighted by Crippen LogP contribution is 2.36. The fraction of sp³-hybridized carbons (Fsp3) is 0.862. The molecule has 4 fully saturated rings. The molecule has 36 nitrogen and oxygen atoms in total. The zero-order valence-electron chi connectivity index (χ0n) is 34.7. The molecule has 7 N–H and O–H groups in total. The first-order chi connectivity index (χ1) is 31.5. The molecule has 400 valence electrons. The summed E-state index contributed by atoms with van der Waals surface area (Å²) in [6.07, 6.45) is -46.2. The summed E-state index contributed by atoms with van der Waals surface area (Å²) in [4.78, 5) is 49.2. The molecule has 0 bridgehead atoms. The first-order valence-corrected chi connectivity index (χ1v) is 24.2. The van der Waals surface area contributed by atoms with Crippen molar-refractivity contribution in [3.8, 4) is 0 Å². The van der Waals surface area contributed by atoms with E-state index in [-0.39, 0.29) is 0 Å². The van der Waals surface area contributed by atoms with Gasteiger partial charge in [0.05, 0.1) is 37.3 Å². The number of carbonyl (C=O) groups excluding carboxylic acids is 4. The van der Waals surface area contributed by atoms with E-state index in [1.54, 1.807) is 0 Å². The lowest BCUT2D eigenvalue weighted by Gasteiger charge is -2.51. The molecule has 4 heterocycles. The molecular weight excluding hydrogens is 1050 g/mol. The SMILES string of the molecule is CC(=O)NC1C(C)OC(COS(=O)(=O)[O-])C(O)C1OC1OC(C(=O)[O-])C(OC2OC(COS(=O)(=O)[O-])C(O)C(OC3OC(C(=O)[O-])C(O)C(O)C3OS(=O)(=O)[O-])C2NC(C)=O)C(O)C1OS(=O)(=O)[O-]. The highest BCUT2D eigenvalue weighted by atomic mass is 32.3. The first-order valence-electron chi connectivity index (χ1n) is 18.9. The van der Waals surface area contributed by atoms with Crippen LogP contribution in [0.1, 0.15) is 20.8 Å². The average molecular weight is 1090 g/mol. The van der Waals surface area contributed by atoms with Gasteiger partial charge in [-0.1, -0.05) is 0 Å². The molecule has 0 radical (unpaired) electrons. The van der Waals surface area contributed by atoms with E-state index in [1.165, 1.54) is 0 Å². The van der Waals surface area contributed by atoms with E-state index in [4.69, 9.17) is 33.2 Å². The maximum absolute atomic E-state index is 12.7. The van der Waals surface area contributed by atoms with Crippen molar-refractivity contribution in [2.24, 2.45) is 0 Å². The molecule has 0 spiro atoms. The van der Waals surface area contributed by atoms with Crippen LogP contribution in [-0.4, -0.2) is 237 Å². The van der Waals surface area contributed by atoms with Gasteiger partial charge >= 0.3 is 0 Å². The van der Waals surface area contributed by atoms with Crippen LogP contribution in [0.2, 0.25) is 0 Å². The molecule has 4 rings (SSSR count). The number of carboxylic acids is 2. The number of carboxylic acid groups (broad SMARTS) is 2. The van der Waals surface area contributed by atoms with E-state index in [1.807, 2.05) is 5.32 Å². The lowest BCUT2D eigenvalue weighted by molar-refractivity contribution is -0.382. The molecule has 4 aliphatic heterocycles. The summed E-state index contributed by atoms with van der Waals surface area (Å²) < 4.78 is 193. The highest BCUT2D eigenvalue weighted by Gasteiger charge is 2.57. The monoisotopic (exact) mass is 1090 g/mol. The number of amides is 2. The Hall–Kier alpha value is -3.12. The third-order valence-corrected chi connectivity index (χ3v) is 11.8. The molecule has 0 saturated carbocycles. The number of hydrogen-bond acceptors (Lipinski definition) is 34. The molecule has 0 aromatic rings. The van der Waals surface area contributed by atoms with Crippen molar-refractivity contribution in [3.05, 3.63) is 0 Å². The Morgan fingerprint density at radius 2 is 0.884 bits per heavy atom. The van der Waals surface area contributed by atoms with E-state index < -0.39 is 201 Å². The third-order valence-electron chi connectivity index (χ3n) is 10.00. The zero-order valence-corrected chi connectivity index (χ0v) is 37.9. The second kappa shape index (κ2) is 22.7. The van der Waals surface area contributed by atoms with E-state index in [0.29, 0.717) is 6.92 Å². The number of hydrogen-bond donors (Lipinski definition) is 7. The molecule has 4 aliphatic rings. The molecule has 0 aliphatic carbocycles. The van der Waals surface area contributed by atoms with E-state index in [2.05, 4.69) is 22.0 Å². The van der Waals surface area contributed by atoms with Crippen LogP contribution in [0.5, 0.6) is 0 Å². The standard InChI is InChI=1S/C29H46N2O34S4/c1-6-11(30-7(2)32)18(13(34)9(57-6)4-55-66(43,44)45)59-29-23(65-69(52,53)54)17(38)20(24(63-29)26(41)42)61-27-12(31-8(3)33)19(14(35)10(58-27)5-56-67(46,47)48)60-28-22(64-68(49,50)51)16(37)15(36)21(62-28)25(39)40/h6,9-24,27-29,34-38H,4-5H2,1-3H3,(H,30,32)(H,31,33)(H,39,40)(H,41,42)(H,43,44,45)(H,46,47,48)(H,49,50,51)(H,52,53,54)/p-6. The van der Waals surface area contributed by atoms with Gasteiger partial charge < -0.3 is 107 Å². The summed E-state index contributed by atoms with van der Waals surface area (Å²) in [7, 11) is -23.4. The highest BCUT2D eigenvalue weighted by molar-refractivity contribution is 7.81. The van der Waals surface area contributed by atoms with Crippen molar-refractivity contribution in [1.82, 2.24) is 10.6 Å². The molecule has 20 atom stereocenters. The second-order valence-corrected chi connectivity index (χ2v) is 19.1. The van der Waals surface area contributed by atoms with Crippen LogP contribution in [0.15, 0.2) is 0 Å². The lowest BCUT2D eigenvalue weighted by atomic mass is 9.92. The summed E-state index contributed by atoms with van der Waals surface area (Å²) in [5.41, 5.74) is 0. The van der Waals surface area contributed by atoms with E-state index in [0.717, 1.165) is 13.8 Å². The van der Waals surface area contributed by atoms with Gasteiger partial charge in [-0.25, -0.2) is 33.7 Å². The number of nitrogens with one attached hydrogen (secondary N) is 2. The Bertz CT molecular complexity index is 2300. The van der Waals surface area contributed by atoms with Crippen LogP contribution < -0.4 is 20.8 Å². The fourth-order valence-electron chi connectivity index (χ4n) is 7.25. The fourth-order valence-corrected chi connectivity index (χ4v) is 8.81.